The standard InChI is InChI=1S/C8H7F3N/c9-8(10,11)12-6-7-4-2-1-3-5-7/h1-5H,6H2. The van der Waals surface area contributed by atoms with Gasteiger partial charge in [0.15, 0.2) is 0 Å². The third-order valence-corrected chi connectivity index (χ3v) is 1.28. The van der Waals surface area contributed by atoms with Crippen LogP contribution in [0.25, 0.3) is 0 Å². The van der Waals surface area contributed by atoms with Crippen molar-refractivity contribution >= 4 is 0 Å². The lowest BCUT2D eigenvalue weighted by Gasteiger charge is -2.04. The normalized spacial score (nSPS) is 11.6. The van der Waals surface area contributed by atoms with Gasteiger partial charge in [-0.05, 0) is 5.56 Å². The first-order valence-electron chi connectivity index (χ1n) is 3.37. The van der Waals surface area contributed by atoms with Gasteiger partial charge in [-0.25, -0.2) is 0 Å². The Kier molecular flexibility index (Phi) is 2.70. The summed E-state index contributed by atoms with van der Waals surface area (Å²) < 4.78 is 34.7. The average molecular weight is 174 g/mol. The molecule has 4 heteroatoms. The topological polar surface area (TPSA) is 14.1 Å². The molecule has 0 unspecified atom stereocenters. The number of nitrogens with zero attached hydrogens (tertiary/aromatic N) is 1. The molecular weight excluding hydrogens is 167 g/mol. The highest BCUT2D eigenvalue weighted by molar-refractivity contribution is 5.14. The minimum atomic E-state index is -4.42. The molecule has 0 bridgehead atoms. The van der Waals surface area contributed by atoms with Crippen LogP contribution in [0.15, 0.2) is 30.3 Å². The van der Waals surface area contributed by atoms with E-state index in [4.69, 9.17) is 0 Å². The molecule has 12 heavy (non-hydrogen) atoms. The summed E-state index contributed by atoms with van der Waals surface area (Å²) in [5, 5.41) is 2.53. The minimum Gasteiger partial charge on any atom is -0.154 e. The van der Waals surface area contributed by atoms with E-state index < -0.39 is 6.30 Å². The predicted octanol–water partition coefficient (Wildman–Crippen LogP) is 2.31. The number of alkyl halides is 3. The molecular formula is C8H7F3N. The molecule has 0 aliphatic heterocycles. The second-order valence-electron chi connectivity index (χ2n) is 2.27. The van der Waals surface area contributed by atoms with E-state index in [0.29, 0.717) is 5.56 Å². The SMILES string of the molecule is FC(F)(F)[N]Cc1ccccc1. The molecule has 65 valence electrons. The molecule has 0 atom stereocenters. The fourth-order valence-electron chi connectivity index (χ4n) is 0.764. The van der Waals surface area contributed by atoms with Crippen LogP contribution in [0.5, 0.6) is 0 Å². The summed E-state index contributed by atoms with van der Waals surface area (Å²) in [5.74, 6) is 0. The van der Waals surface area contributed by atoms with Crippen LogP contribution in [-0.4, -0.2) is 6.30 Å². The van der Waals surface area contributed by atoms with Gasteiger partial charge in [-0.1, -0.05) is 30.3 Å². The van der Waals surface area contributed by atoms with Crippen molar-refractivity contribution in [1.82, 2.24) is 5.32 Å². The van der Waals surface area contributed by atoms with Crippen molar-refractivity contribution in [2.45, 2.75) is 12.8 Å². The van der Waals surface area contributed by atoms with Crippen LogP contribution >= 0.6 is 0 Å². The van der Waals surface area contributed by atoms with E-state index in [1.807, 2.05) is 0 Å². The second kappa shape index (κ2) is 3.58. The zero-order chi connectivity index (χ0) is 9.03. The van der Waals surface area contributed by atoms with Gasteiger partial charge >= 0.3 is 6.30 Å². The van der Waals surface area contributed by atoms with Crippen molar-refractivity contribution in [3.63, 3.8) is 0 Å². The molecule has 0 saturated heterocycles. The monoisotopic (exact) mass is 174 g/mol. The molecule has 0 saturated carbocycles. The van der Waals surface area contributed by atoms with Crippen LogP contribution in [0.1, 0.15) is 5.56 Å². The van der Waals surface area contributed by atoms with E-state index in [9.17, 15) is 13.2 Å². The third-order valence-electron chi connectivity index (χ3n) is 1.28. The van der Waals surface area contributed by atoms with Crippen molar-refractivity contribution in [2.24, 2.45) is 0 Å². The smallest absolute Gasteiger partial charge is 0.154 e. The van der Waals surface area contributed by atoms with E-state index in [2.05, 4.69) is 5.32 Å². The van der Waals surface area contributed by atoms with Crippen molar-refractivity contribution in [3.05, 3.63) is 35.9 Å². The second-order valence-corrected chi connectivity index (χ2v) is 2.27. The number of hydrogen-bond donors (Lipinski definition) is 0. The Labute approximate surface area is 68.2 Å². The number of halogens is 3. The quantitative estimate of drug-likeness (QED) is 0.611. The molecule has 0 amide bonds. The van der Waals surface area contributed by atoms with Gasteiger partial charge in [0.2, 0.25) is 0 Å². The lowest BCUT2D eigenvalue weighted by Crippen LogP contribution is -2.23. The molecule has 0 spiro atoms. The van der Waals surface area contributed by atoms with Gasteiger partial charge in [-0.15, -0.1) is 5.32 Å². The van der Waals surface area contributed by atoms with E-state index in [0.717, 1.165) is 0 Å². The van der Waals surface area contributed by atoms with Crippen molar-refractivity contribution in [3.8, 4) is 0 Å². The maximum atomic E-state index is 11.6. The Morgan fingerprint density at radius 2 is 1.67 bits per heavy atom. The first-order chi connectivity index (χ1) is 5.58. The highest BCUT2D eigenvalue weighted by Crippen LogP contribution is 2.13. The van der Waals surface area contributed by atoms with Gasteiger partial charge in [-0.3, -0.25) is 0 Å². The van der Waals surface area contributed by atoms with Crippen LogP contribution < -0.4 is 5.32 Å². The van der Waals surface area contributed by atoms with E-state index >= 15 is 0 Å². The average Bonchev–Trinajstić information content (AvgIpc) is 2.02. The summed E-state index contributed by atoms with van der Waals surface area (Å²) in [6, 6.07) is 8.32. The molecule has 0 N–H and O–H groups in total. The zero-order valence-corrected chi connectivity index (χ0v) is 6.17. The molecule has 0 aromatic heterocycles. The zero-order valence-electron chi connectivity index (χ0n) is 6.17. The first-order valence-corrected chi connectivity index (χ1v) is 3.37. The molecule has 1 nitrogen and oxygen atoms in total. The van der Waals surface area contributed by atoms with E-state index in [1.54, 1.807) is 30.3 Å². The maximum Gasteiger partial charge on any atom is 0.473 e. The lowest BCUT2D eigenvalue weighted by molar-refractivity contribution is -0.161. The summed E-state index contributed by atoms with van der Waals surface area (Å²) in [6.45, 7) is -0.301. The van der Waals surface area contributed by atoms with Crippen LogP contribution in [0, 0.1) is 0 Å². The molecule has 0 heterocycles. The summed E-state index contributed by atoms with van der Waals surface area (Å²) in [4.78, 5) is 0. The molecule has 1 aromatic carbocycles. The summed E-state index contributed by atoms with van der Waals surface area (Å²) >= 11 is 0. The van der Waals surface area contributed by atoms with Gasteiger partial charge in [0, 0.05) is 6.54 Å². The van der Waals surface area contributed by atoms with Crippen molar-refractivity contribution in [2.75, 3.05) is 0 Å². The van der Waals surface area contributed by atoms with Gasteiger partial charge in [0.1, 0.15) is 0 Å². The molecule has 1 rings (SSSR count). The van der Waals surface area contributed by atoms with Crippen molar-refractivity contribution in [1.29, 1.82) is 0 Å². The van der Waals surface area contributed by atoms with Gasteiger partial charge in [0.05, 0.1) is 0 Å². The van der Waals surface area contributed by atoms with Gasteiger partial charge in [-0.2, -0.15) is 13.2 Å². The third kappa shape index (κ3) is 3.39. The lowest BCUT2D eigenvalue weighted by atomic mass is 10.2. The Hall–Kier alpha value is -1.03. The fourth-order valence-corrected chi connectivity index (χ4v) is 0.764. The van der Waals surface area contributed by atoms with Gasteiger partial charge in [0.25, 0.3) is 0 Å². The maximum absolute atomic E-state index is 11.6. The van der Waals surface area contributed by atoms with Crippen LogP contribution in [0.3, 0.4) is 0 Å². The van der Waals surface area contributed by atoms with Crippen LogP contribution in [-0.2, 0) is 6.54 Å². The van der Waals surface area contributed by atoms with Crippen LogP contribution in [0.4, 0.5) is 13.2 Å². The summed E-state index contributed by atoms with van der Waals surface area (Å²) in [6.07, 6.45) is -4.42. The Morgan fingerprint density at radius 3 is 2.17 bits per heavy atom. The molecule has 1 radical (unpaired) electrons. The first kappa shape index (κ1) is 9.06. The highest BCUT2D eigenvalue weighted by Gasteiger charge is 2.27. The minimum absolute atomic E-state index is 0.301. The summed E-state index contributed by atoms with van der Waals surface area (Å²) in [7, 11) is 0. The molecule has 0 aliphatic carbocycles. The number of hydrogen-bond acceptors (Lipinski definition) is 0. The molecule has 0 aliphatic rings. The number of rotatable bonds is 2. The summed E-state index contributed by atoms with van der Waals surface area (Å²) in [5.41, 5.74) is 0.565. The Bertz CT molecular complexity index is 230. The van der Waals surface area contributed by atoms with E-state index in [1.165, 1.54) is 0 Å². The molecule has 1 aromatic rings. The Morgan fingerprint density at radius 1 is 1.08 bits per heavy atom. The van der Waals surface area contributed by atoms with Gasteiger partial charge < -0.3 is 0 Å². The van der Waals surface area contributed by atoms with Crippen LogP contribution in [0.2, 0.25) is 0 Å². The van der Waals surface area contributed by atoms with E-state index in [-0.39, 0.29) is 6.54 Å². The Balaban J connectivity index is 2.44. The highest BCUT2D eigenvalue weighted by atomic mass is 19.4. The fraction of sp³-hybridized carbons (Fsp3) is 0.250. The molecule has 0 fully saturated rings. The number of benzene rings is 1. The van der Waals surface area contributed by atoms with Crippen molar-refractivity contribution < 1.29 is 13.2 Å². The predicted molar refractivity (Wildman–Crippen MR) is 38.3 cm³/mol. The largest absolute Gasteiger partial charge is 0.473 e.